The first-order valence-electron chi connectivity index (χ1n) is 6.62. The molecular formula is C12H26N2O2S2. The summed E-state index contributed by atoms with van der Waals surface area (Å²) >= 11 is 1.74. The smallest absolute Gasteiger partial charge is 0.166 e. The highest BCUT2D eigenvalue weighted by Gasteiger charge is 2.36. The highest BCUT2D eigenvalue weighted by atomic mass is 32.2. The van der Waals surface area contributed by atoms with Crippen molar-refractivity contribution in [3.63, 3.8) is 0 Å². The third-order valence-electron chi connectivity index (χ3n) is 3.94. The molecule has 1 aliphatic rings. The Morgan fingerprint density at radius 2 is 2.11 bits per heavy atom. The lowest BCUT2D eigenvalue weighted by Crippen LogP contribution is -2.52. The van der Waals surface area contributed by atoms with Crippen molar-refractivity contribution >= 4 is 21.6 Å². The van der Waals surface area contributed by atoms with Crippen LogP contribution in [0.5, 0.6) is 0 Å². The SMILES string of the molecule is CCC(C)(CN)CN1CCSCC1S(=O)(=O)CC. The van der Waals surface area contributed by atoms with Crippen molar-refractivity contribution in [3.05, 3.63) is 0 Å². The molecule has 0 aromatic heterocycles. The van der Waals surface area contributed by atoms with Crippen molar-refractivity contribution in [2.24, 2.45) is 11.1 Å². The Hall–Kier alpha value is 0.220. The van der Waals surface area contributed by atoms with Gasteiger partial charge in [0.05, 0.1) is 0 Å². The minimum atomic E-state index is -2.99. The van der Waals surface area contributed by atoms with Gasteiger partial charge in [-0.15, -0.1) is 0 Å². The highest BCUT2D eigenvalue weighted by Crippen LogP contribution is 2.27. The fraction of sp³-hybridized carbons (Fsp3) is 1.00. The van der Waals surface area contributed by atoms with Crippen molar-refractivity contribution in [1.29, 1.82) is 0 Å². The lowest BCUT2D eigenvalue weighted by Gasteiger charge is -2.40. The molecule has 0 radical (unpaired) electrons. The highest BCUT2D eigenvalue weighted by molar-refractivity contribution is 8.01. The summed E-state index contributed by atoms with van der Waals surface area (Å²) in [6.07, 6.45) is 0.978. The first-order valence-corrected chi connectivity index (χ1v) is 9.49. The number of rotatable bonds is 6. The molecule has 0 saturated carbocycles. The van der Waals surface area contributed by atoms with Gasteiger partial charge >= 0.3 is 0 Å². The number of hydrogen-bond donors (Lipinski definition) is 1. The van der Waals surface area contributed by atoms with E-state index in [0.29, 0.717) is 12.3 Å². The second-order valence-corrected chi connectivity index (χ2v) is 8.92. The Labute approximate surface area is 116 Å². The van der Waals surface area contributed by atoms with E-state index in [9.17, 15) is 8.42 Å². The van der Waals surface area contributed by atoms with Crippen LogP contribution in [0.25, 0.3) is 0 Å². The van der Waals surface area contributed by atoms with Gasteiger partial charge in [-0.05, 0) is 18.4 Å². The maximum Gasteiger partial charge on any atom is 0.166 e. The fourth-order valence-corrected chi connectivity index (χ4v) is 5.21. The Morgan fingerprint density at radius 1 is 1.44 bits per heavy atom. The molecule has 4 nitrogen and oxygen atoms in total. The lowest BCUT2D eigenvalue weighted by atomic mass is 9.87. The number of nitrogens with two attached hydrogens (primary N) is 1. The molecule has 1 saturated heterocycles. The number of thioether (sulfide) groups is 1. The summed E-state index contributed by atoms with van der Waals surface area (Å²) in [5.41, 5.74) is 5.86. The minimum Gasteiger partial charge on any atom is -0.330 e. The molecule has 1 aliphatic heterocycles. The maximum atomic E-state index is 12.1. The monoisotopic (exact) mass is 294 g/mol. The van der Waals surface area contributed by atoms with E-state index < -0.39 is 9.84 Å². The zero-order chi connectivity index (χ0) is 13.8. The summed E-state index contributed by atoms with van der Waals surface area (Å²) in [6, 6.07) is 0. The van der Waals surface area contributed by atoms with E-state index in [0.717, 1.165) is 25.3 Å². The van der Waals surface area contributed by atoms with Crippen LogP contribution in [0.15, 0.2) is 0 Å². The van der Waals surface area contributed by atoms with Crippen LogP contribution in [0, 0.1) is 5.41 Å². The van der Waals surface area contributed by atoms with Crippen molar-refractivity contribution in [2.45, 2.75) is 32.6 Å². The topological polar surface area (TPSA) is 63.4 Å². The fourth-order valence-electron chi connectivity index (χ4n) is 2.13. The van der Waals surface area contributed by atoms with Crippen molar-refractivity contribution < 1.29 is 8.42 Å². The minimum absolute atomic E-state index is 0.0174. The van der Waals surface area contributed by atoms with E-state index in [1.54, 1.807) is 18.7 Å². The first kappa shape index (κ1) is 16.3. The van der Waals surface area contributed by atoms with Crippen LogP contribution in [-0.4, -0.2) is 55.6 Å². The average molecular weight is 294 g/mol. The van der Waals surface area contributed by atoms with Crippen LogP contribution >= 0.6 is 11.8 Å². The summed E-state index contributed by atoms with van der Waals surface area (Å²) < 4.78 is 24.3. The number of hydrogen-bond acceptors (Lipinski definition) is 5. The average Bonchev–Trinajstić information content (AvgIpc) is 2.39. The molecule has 1 heterocycles. The van der Waals surface area contributed by atoms with Crippen molar-refractivity contribution in [1.82, 2.24) is 4.90 Å². The van der Waals surface area contributed by atoms with Gasteiger partial charge in [-0.1, -0.05) is 20.8 Å². The third kappa shape index (κ3) is 3.85. The third-order valence-corrected chi connectivity index (χ3v) is 7.27. The van der Waals surface area contributed by atoms with Crippen molar-refractivity contribution in [2.75, 3.05) is 36.9 Å². The van der Waals surface area contributed by atoms with E-state index >= 15 is 0 Å². The summed E-state index contributed by atoms with van der Waals surface area (Å²) in [5, 5.41) is -0.321. The second kappa shape index (κ2) is 6.59. The Morgan fingerprint density at radius 3 is 2.61 bits per heavy atom. The molecule has 108 valence electrons. The van der Waals surface area contributed by atoms with Gasteiger partial charge in [0.15, 0.2) is 9.84 Å². The van der Waals surface area contributed by atoms with Crippen LogP contribution in [0.4, 0.5) is 0 Å². The first-order chi connectivity index (χ1) is 8.38. The number of nitrogens with zero attached hydrogens (tertiary/aromatic N) is 1. The Bertz CT molecular complexity index is 353. The summed E-state index contributed by atoms with van der Waals surface area (Å²) in [5.74, 6) is 1.93. The molecule has 0 aromatic rings. The van der Waals surface area contributed by atoms with Crippen LogP contribution in [0.3, 0.4) is 0 Å². The lowest BCUT2D eigenvalue weighted by molar-refractivity contribution is 0.161. The second-order valence-electron chi connectivity index (χ2n) is 5.32. The van der Waals surface area contributed by atoms with E-state index in [1.165, 1.54) is 0 Å². The molecule has 6 heteroatoms. The zero-order valence-corrected chi connectivity index (χ0v) is 13.3. The molecule has 0 aliphatic carbocycles. The van der Waals surface area contributed by atoms with Gasteiger partial charge in [-0.3, -0.25) is 4.90 Å². The molecule has 2 N–H and O–H groups in total. The normalized spacial score (nSPS) is 25.9. The summed E-state index contributed by atoms with van der Waals surface area (Å²) in [6.45, 7) is 8.23. The van der Waals surface area contributed by atoms with Crippen LogP contribution in [0.2, 0.25) is 0 Å². The molecule has 0 bridgehead atoms. The van der Waals surface area contributed by atoms with Gasteiger partial charge in [-0.25, -0.2) is 8.42 Å². The largest absolute Gasteiger partial charge is 0.330 e. The molecule has 1 rings (SSSR count). The zero-order valence-electron chi connectivity index (χ0n) is 11.7. The van der Waals surface area contributed by atoms with E-state index in [4.69, 9.17) is 5.73 Å². The van der Waals surface area contributed by atoms with Gasteiger partial charge < -0.3 is 5.73 Å². The molecule has 18 heavy (non-hydrogen) atoms. The van der Waals surface area contributed by atoms with Gasteiger partial charge in [0, 0.05) is 30.3 Å². The Balaban J connectivity index is 2.84. The van der Waals surface area contributed by atoms with Gasteiger partial charge in [0.1, 0.15) is 5.37 Å². The van der Waals surface area contributed by atoms with Crippen LogP contribution in [-0.2, 0) is 9.84 Å². The van der Waals surface area contributed by atoms with E-state index in [-0.39, 0.29) is 16.5 Å². The molecule has 0 aromatic carbocycles. The van der Waals surface area contributed by atoms with Crippen LogP contribution < -0.4 is 5.73 Å². The van der Waals surface area contributed by atoms with E-state index in [1.807, 2.05) is 0 Å². The standard InChI is InChI=1S/C12H26N2O2S2/c1-4-12(3,9-13)10-14-6-7-17-8-11(14)18(15,16)5-2/h11H,4-10,13H2,1-3H3. The molecule has 1 fully saturated rings. The molecule has 2 atom stereocenters. The summed E-state index contributed by atoms with van der Waals surface area (Å²) in [4.78, 5) is 2.13. The molecular weight excluding hydrogens is 268 g/mol. The maximum absolute atomic E-state index is 12.1. The molecule has 0 spiro atoms. The van der Waals surface area contributed by atoms with Gasteiger partial charge in [0.2, 0.25) is 0 Å². The predicted molar refractivity (Wildman–Crippen MR) is 79.6 cm³/mol. The number of sulfone groups is 1. The van der Waals surface area contributed by atoms with Crippen LogP contribution in [0.1, 0.15) is 27.2 Å². The summed E-state index contributed by atoms with van der Waals surface area (Å²) in [7, 11) is -2.99. The Kier molecular flexibility index (Phi) is 5.96. The molecule has 0 amide bonds. The quantitative estimate of drug-likeness (QED) is 0.797. The van der Waals surface area contributed by atoms with Gasteiger partial charge in [-0.2, -0.15) is 11.8 Å². The van der Waals surface area contributed by atoms with E-state index in [2.05, 4.69) is 18.7 Å². The molecule has 2 unspecified atom stereocenters. The predicted octanol–water partition coefficient (Wildman–Crippen LogP) is 1.17. The van der Waals surface area contributed by atoms with Crippen molar-refractivity contribution in [3.8, 4) is 0 Å². The van der Waals surface area contributed by atoms with Gasteiger partial charge in [0.25, 0.3) is 0 Å².